The van der Waals surface area contributed by atoms with E-state index >= 15 is 0 Å². The minimum Gasteiger partial charge on any atom is -0.481 e. The summed E-state index contributed by atoms with van der Waals surface area (Å²) in [5.41, 5.74) is 0. The van der Waals surface area contributed by atoms with E-state index in [2.05, 4.69) is 13.8 Å². The Balaban J connectivity index is 1.97. The average molecular weight is 224 g/mol. The van der Waals surface area contributed by atoms with Crippen LogP contribution in [0.15, 0.2) is 0 Å². The molecule has 15 heavy (non-hydrogen) atoms. The van der Waals surface area contributed by atoms with Crippen molar-refractivity contribution in [1.82, 2.24) is 0 Å². The Morgan fingerprint density at radius 1 is 0.933 bits per heavy atom. The van der Waals surface area contributed by atoms with E-state index in [-0.39, 0.29) is 0 Å². The number of aryl methyl sites for hydroxylation is 2. The summed E-state index contributed by atoms with van der Waals surface area (Å²) in [5.74, 6) is 2.03. The molecule has 1 fully saturated rings. The molecular weight excluding hydrogens is 208 g/mol. The van der Waals surface area contributed by atoms with Gasteiger partial charge in [-0.25, -0.2) is 0 Å². The van der Waals surface area contributed by atoms with Gasteiger partial charge in [0.1, 0.15) is 12.2 Å². The average Bonchev–Trinajstić information content (AvgIpc) is 2.52. The van der Waals surface area contributed by atoms with Gasteiger partial charge in [0.15, 0.2) is 11.5 Å². The van der Waals surface area contributed by atoms with Crippen molar-refractivity contribution in [2.75, 3.05) is 0 Å². The Morgan fingerprint density at radius 2 is 1.40 bits per heavy atom. The summed E-state index contributed by atoms with van der Waals surface area (Å²) in [6.45, 7) is 4.23. The van der Waals surface area contributed by atoms with Gasteiger partial charge in [0.2, 0.25) is 0 Å². The molecule has 2 heterocycles. The molecule has 0 bridgehead atoms. The predicted octanol–water partition coefficient (Wildman–Crippen LogP) is 3.45. The Kier molecular flexibility index (Phi) is 2.16. The van der Waals surface area contributed by atoms with Crippen molar-refractivity contribution in [3.8, 4) is 11.5 Å². The third-order valence-corrected chi connectivity index (χ3v) is 4.32. The normalized spacial score (nSPS) is 28.7. The highest BCUT2D eigenvalue weighted by Crippen LogP contribution is 2.47. The lowest BCUT2D eigenvalue weighted by atomic mass is 9.94. The van der Waals surface area contributed by atoms with Crippen molar-refractivity contribution >= 4 is 11.3 Å². The fraction of sp³-hybridized carbons (Fsp3) is 0.667. The molecule has 0 amide bonds. The van der Waals surface area contributed by atoms with Crippen LogP contribution in [0.1, 0.15) is 35.4 Å². The molecule has 3 heteroatoms. The topological polar surface area (TPSA) is 18.5 Å². The van der Waals surface area contributed by atoms with Crippen molar-refractivity contribution in [2.45, 2.75) is 51.7 Å². The van der Waals surface area contributed by atoms with Crippen LogP contribution in [0.3, 0.4) is 0 Å². The monoisotopic (exact) mass is 224 g/mol. The van der Waals surface area contributed by atoms with Gasteiger partial charge in [0, 0.05) is 9.75 Å². The van der Waals surface area contributed by atoms with Crippen LogP contribution in [0.25, 0.3) is 0 Å². The lowest BCUT2D eigenvalue weighted by Gasteiger charge is -2.36. The lowest BCUT2D eigenvalue weighted by molar-refractivity contribution is -0.00594. The fourth-order valence-corrected chi connectivity index (χ4v) is 3.48. The Morgan fingerprint density at radius 3 is 1.87 bits per heavy atom. The molecule has 0 spiro atoms. The number of hydrogen-bond donors (Lipinski definition) is 0. The van der Waals surface area contributed by atoms with Crippen LogP contribution >= 0.6 is 11.3 Å². The lowest BCUT2D eigenvalue weighted by Crippen LogP contribution is -2.41. The van der Waals surface area contributed by atoms with Gasteiger partial charge in [-0.1, -0.05) is 0 Å². The van der Waals surface area contributed by atoms with Gasteiger partial charge in [-0.2, -0.15) is 0 Å². The standard InChI is InChI=1S/C12H16O2S/c1-7-11-12(8(2)15-7)14-10-6-4-3-5-9(10)13-11/h9-10H,3-6H2,1-2H3. The summed E-state index contributed by atoms with van der Waals surface area (Å²) in [5, 5.41) is 0. The fourth-order valence-electron chi connectivity index (χ4n) is 2.55. The second kappa shape index (κ2) is 3.41. The molecule has 2 unspecified atom stereocenters. The molecular formula is C12H16O2S. The Labute approximate surface area is 94.2 Å². The molecule has 0 radical (unpaired) electrons. The zero-order valence-electron chi connectivity index (χ0n) is 9.21. The van der Waals surface area contributed by atoms with Crippen molar-refractivity contribution in [2.24, 2.45) is 0 Å². The summed E-state index contributed by atoms with van der Waals surface area (Å²) in [4.78, 5) is 2.51. The molecule has 0 aromatic carbocycles. The Hall–Kier alpha value is -0.700. The van der Waals surface area contributed by atoms with E-state index < -0.39 is 0 Å². The van der Waals surface area contributed by atoms with Crippen LogP contribution in [0.5, 0.6) is 11.5 Å². The Bertz CT molecular complexity index is 349. The summed E-state index contributed by atoms with van der Waals surface area (Å²) in [6, 6.07) is 0. The molecule has 1 aromatic rings. The second-order valence-electron chi connectivity index (χ2n) is 4.47. The van der Waals surface area contributed by atoms with E-state index in [1.807, 2.05) is 0 Å². The van der Waals surface area contributed by atoms with Crippen molar-refractivity contribution in [1.29, 1.82) is 0 Å². The number of fused-ring (bicyclic) bond motifs is 2. The van der Waals surface area contributed by atoms with Crippen LogP contribution in [0.2, 0.25) is 0 Å². The maximum absolute atomic E-state index is 6.07. The number of ether oxygens (including phenoxy) is 2. The number of rotatable bonds is 0. The zero-order chi connectivity index (χ0) is 10.4. The van der Waals surface area contributed by atoms with E-state index in [0.717, 1.165) is 24.3 Å². The van der Waals surface area contributed by atoms with Gasteiger partial charge in [0.05, 0.1) is 0 Å². The zero-order valence-corrected chi connectivity index (χ0v) is 10.0. The first-order valence-corrected chi connectivity index (χ1v) is 6.50. The smallest absolute Gasteiger partial charge is 0.175 e. The molecule has 1 aliphatic carbocycles. The van der Waals surface area contributed by atoms with Gasteiger partial charge in [-0.05, 0) is 39.5 Å². The molecule has 0 N–H and O–H groups in total. The van der Waals surface area contributed by atoms with Crippen molar-refractivity contribution < 1.29 is 9.47 Å². The molecule has 2 atom stereocenters. The summed E-state index contributed by atoms with van der Waals surface area (Å²) < 4.78 is 12.1. The summed E-state index contributed by atoms with van der Waals surface area (Å²) in [7, 11) is 0. The van der Waals surface area contributed by atoms with Crippen molar-refractivity contribution in [3.63, 3.8) is 0 Å². The molecule has 1 aliphatic heterocycles. The highest BCUT2D eigenvalue weighted by atomic mass is 32.1. The van der Waals surface area contributed by atoms with Gasteiger partial charge < -0.3 is 9.47 Å². The van der Waals surface area contributed by atoms with E-state index in [1.54, 1.807) is 11.3 Å². The van der Waals surface area contributed by atoms with Gasteiger partial charge in [-0.15, -0.1) is 11.3 Å². The SMILES string of the molecule is Cc1sc(C)c2c1OC1CCCCC1O2. The van der Waals surface area contributed by atoms with Gasteiger partial charge in [0.25, 0.3) is 0 Å². The minimum absolute atomic E-state index is 0.305. The first-order chi connectivity index (χ1) is 7.25. The van der Waals surface area contributed by atoms with Crippen LogP contribution in [-0.4, -0.2) is 12.2 Å². The second-order valence-corrected chi connectivity index (χ2v) is 5.90. The molecule has 2 aliphatic rings. The molecule has 2 nitrogen and oxygen atoms in total. The number of thiophene rings is 1. The molecule has 82 valence electrons. The van der Waals surface area contributed by atoms with Crippen LogP contribution in [0.4, 0.5) is 0 Å². The van der Waals surface area contributed by atoms with E-state index in [9.17, 15) is 0 Å². The largest absolute Gasteiger partial charge is 0.481 e. The molecule has 1 saturated carbocycles. The van der Waals surface area contributed by atoms with Crippen LogP contribution in [0, 0.1) is 13.8 Å². The first-order valence-electron chi connectivity index (χ1n) is 5.69. The third-order valence-electron chi connectivity index (χ3n) is 3.33. The van der Waals surface area contributed by atoms with Crippen LogP contribution < -0.4 is 9.47 Å². The van der Waals surface area contributed by atoms with E-state index in [4.69, 9.17) is 9.47 Å². The predicted molar refractivity (Wildman–Crippen MR) is 61.1 cm³/mol. The van der Waals surface area contributed by atoms with E-state index in [1.165, 1.54) is 22.6 Å². The van der Waals surface area contributed by atoms with Crippen molar-refractivity contribution in [3.05, 3.63) is 9.75 Å². The van der Waals surface area contributed by atoms with Gasteiger partial charge in [-0.3, -0.25) is 0 Å². The summed E-state index contributed by atoms with van der Waals surface area (Å²) in [6.07, 6.45) is 5.47. The van der Waals surface area contributed by atoms with Crippen LogP contribution in [-0.2, 0) is 0 Å². The minimum atomic E-state index is 0.305. The van der Waals surface area contributed by atoms with Gasteiger partial charge >= 0.3 is 0 Å². The third kappa shape index (κ3) is 1.44. The number of hydrogen-bond acceptors (Lipinski definition) is 3. The quantitative estimate of drug-likeness (QED) is 0.672. The highest BCUT2D eigenvalue weighted by Gasteiger charge is 2.36. The summed E-state index contributed by atoms with van der Waals surface area (Å²) >= 11 is 1.78. The maximum Gasteiger partial charge on any atom is 0.175 e. The highest BCUT2D eigenvalue weighted by molar-refractivity contribution is 7.12. The molecule has 0 saturated heterocycles. The van der Waals surface area contributed by atoms with E-state index in [0.29, 0.717) is 12.2 Å². The first kappa shape index (κ1) is 9.52. The maximum atomic E-state index is 6.07. The molecule has 1 aromatic heterocycles. The molecule has 3 rings (SSSR count).